The highest BCUT2D eigenvalue weighted by atomic mass is 127. The summed E-state index contributed by atoms with van der Waals surface area (Å²) in [5.74, 6) is 0. The molecule has 0 aliphatic heterocycles. The third kappa shape index (κ3) is 4.93. The molecule has 0 aliphatic rings. The van der Waals surface area contributed by atoms with Crippen molar-refractivity contribution in [2.75, 3.05) is 18.4 Å². The number of anilines is 1. The van der Waals surface area contributed by atoms with Crippen molar-refractivity contribution in [1.29, 1.82) is 0 Å². The van der Waals surface area contributed by atoms with Gasteiger partial charge in [0.2, 0.25) is 0 Å². The summed E-state index contributed by atoms with van der Waals surface area (Å²) in [4.78, 5) is 13.8. The normalized spacial score (nSPS) is 10.1. The summed E-state index contributed by atoms with van der Waals surface area (Å²) in [7, 11) is 0. The molecule has 0 saturated carbocycles. The molecule has 0 aliphatic carbocycles. The van der Waals surface area contributed by atoms with E-state index in [9.17, 15) is 4.79 Å². The largest absolute Gasteiger partial charge is 0.325 e. The van der Waals surface area contributed by atoms with Crippen LogP contribution in [0.25, 0.3) is 0 Å². The number of unbranched alkanes of at least 4 members (excludes halogenated alkanes) is 1. The highest BCUT2D eigenvalue weighted by molar-refractivity contribution is 14.1. The number of nitrogens with zero attached hydrogens (tertiary/aromatic N) is 1. The quantitative estimate of drug-likeness (QED) is 0.805. The lowest BCUT2D eigenvalue weighted by Gasteiger charge is -2.21. The Morgan fingerprint density at radius 3 is 2.76 bits per heavy atom. The second-order valence-electron chi connectivity index (χ2n) is 3.87. The summed E-state index contributed by atoms with van der Waals surface area (Å²) in [6.07, 6.45) is 2.15. The number of benzene rings is 1. The number of hydrogen-bond acceptors (Lipinski definition) is 1. The van der Waals surface area contributed by atoms with Gasteiger partial charge in [-0.25, -0.2) is 4.79 Å². The van der Waals surface area contributed by atoms with Gasteiger partial charge in [-0.15, -0.1) is 0 Å². The van der Waals surface area contributed by atoms with Crippen molar-refractivity contribution in [3.63, 3.8) is 0 Å². The van der Waals surface area contributed by atoms with Crippen LogP contribution in [-0.4, -0.2) is 24.0 Å². The maximum absolute atomic E-state index is 12.0. The van der Waals surface area contributed by atoms with Gasteiger partial charge in [-0.2, -0.15) is 0 Å². The Hall–Kier alpha value is -0.780. The molecule has 94 valence electrons. The Bertz CT molecular complexity index is 368. The summed E-state index contributed by atoms with van der Waals surface area (Å²) in [6.45, 7) is 5.70. The summed E-state index contributed by atoms with van der Waals surface area (Å²) in [5, 5.41) is 2.92. The summed E-state index contributed by atoms with van der Waals surface area (Å²) in [6, 6.07) is 7.81. The molecule has 17 heavy (non-hydrogen) atoms. The molecule has 3 nitrogen and oxygen atoms in total. The predicted molar refractivity (Wildman–Crippen MR) is 80.3 cm³/mol. The maximum atomic E-state index is 12.0. The minimum Gasteiger partial charge on any atom is -0.325 e. The zero-order valence-corrected chi connectivity index (χ0v) is 12.5. The minimum absolute atomic E-state index is 0.0112. The van der Waals surface area contributed by atoms with Crippen LogP contribution in [0, 0.1) is 3.57 Å². The van der Waals surface area contributed by atoms with E-state index in [1.165, 1.54) is 0 Å². The van der Waals surface area contributed by atoms with E-state index >= 15 is 0 Å². The van der Waals surface area contributed by atoms with Gasteiger partial charge in [0.25, 0.3) is 0 Å². The van der Waals surface area contributed by atoms with Gasteiger partial charge >= 0.3 is 6.03 Å². The van der Waals surface area contributed by atoms with Crippen LogP contribution in [0.3, 0.4) is 0 Å². The fourth-order valence-corrected chi connectivity index (χ4v) is 2.06. The van der Waals surface area contributed by atoms with E-state index in [-0.39, 0.29) is 6.03 Å². The van der Waals surface area contributed by atoms with Crippen LogP contribution in [0.2, 0.25) is 0 Å². The van der Waals surface area contributed by atoms with Gasteiger partial charge < -0.3 is 10.2 Å². The first-order chi connectivity index (χ1) is 8.17. The zero-order chi connectivity index (χ0) is 12.7. The predicted octanol–water partition coefficient (Wildman–Crippen LogP) is 3.95. The number of halogens is 1. The molecule has 0 atom stereocenters. The fraction of sp³-hybridized carbons (Fsp3) is 0.462. The van der Waals surface area contributed by atoms with Crippen LogP contribution in [0.15, 0.2) is 24.3 Å². The molecule has 4 heteroatoms. The second kappa shape index (κ2) is 7.53. The molecule has 1 aromatic carbocycles. The van der Waals surface area contributed by atoms with Gasteiger partial charge in [-0.05, 0) is 54.1 Å². The van der Waals surface area contributed by atoms with E-state index in [2.05, 4.69) is 34.8 Å². The second-order valence-corrected chi connectivity index (χ2v) is 5.12. The van der Waals surface area contributed by atoms with Crippen LogP contribution < -0.4 is 5.32 Å². The molecule has 1 rings (SSSR count). The van der Waals surface area contributed by atoms with Crippen LogP contribution >= 0.6 is 22.6 Å². The molecule has 0 aromatic heterocycles. The van der Waals surface area contributed by atoms with Crippen molar-refractivity contribution in [2.24, 2.45) is 0 Å². The monoisotopic (exact) mass is 346 g/mol. The van der Waals surface area contributed by atoms with E-state index in [1.54, 1.807) is 0 Å². The van der Waals surface area contributed by atoms with Crippen molar-refractivity contribution < 1.29 is 4.79 Å². The Morgan fingerprint density at radius 1 is 1.41 bits per heavy atom. The SMILES string of the molecule is CCCCN(CC)C(=O)Nc1cccc(I)c1. The zero-order valence-electron chi connectivity index (χ0n) is 10.4. The first-order valence-corrected chi connectivity index (χ1v) is 7.06. The minimum atomic E-state index is -0.0112. The van der Waals surface area contributed by atoms with E-state index in [1.807, 2.05) is 36.1 Å². The number of carbonyl (C=O) groups excluding carboxylic acids is 1. The highest BCUT2D eigenvalue weighted by Gasteiger charge is 2.10. The molecule has 0 radical (unpaired) electrons. The first-order valence-electron chi connectivity index (χ1n) is 5.98. The first kappa shape index (κ1) is 14.3. The van der Waals surface area contributed by atoms with Gasteiger partial charge in [-0.3, -0.25) is 0 Å². The lowest BCUT2D eigenvalue weighted by molar-refractivity contribution is 0.213. The average molecular weight is 346 g/mol. The summed E-state index contributed by atoms with van der Waals surface area (Å²) in [5.41, 5.74) is 0.858. The van der Waals surface area contributed by atoms with Crippen molar-refractivity contribution in [3.05, 3.63) is 27.8 Å². The molecule has 0 heterocycles. The lowest BCUT2D eigenvalue weighted by atomic mass is 10.3. The molecule has 1 aromatic rings. The van der Waals surface area contributed by atoms with E-state index in [4.69, 9.17) is 0 Å². The van der Waals surface area contributed by atoms with Gasteiger partial charge in [-0.1, -0.05) is 19.4 Å². The lowest BCUT2D eigenvalue weighted by Crippen LogP contribution is -2.35. The molecule has 0 fully saturated rings. The Morgan fingerprint density at radius 2 is 2.18 bits per heavy atom. The fourth-order valence-electron chi connectivity index (χ4n) is 1.52. The van der Waals surface area contributed by atoms with Crippen molar-refractivity contribution in [2.45, 2.75) is 26.7 Å². The van der Waals surface area contributed by atoms with Gasteiger partial charge in [0.15, 0.2) is 0 Å². The van der Waals surface area contributed by atoms with E-state index in [0.29, 0.717) is 0 Å². The third-order valence-electron chi connectivity index (χ3n) is 2.53. The van der Waals surface area contributed by atoms with E-state index in [0.717, 1.165) is 35.2 Å². The van der Waals surface area contributed by atoms with Gasteiger partial charge in [0, 0.05) is 22.3 Å². The molecule has 0 saturated heterocycles. The molecule has 0 bridgehead atoms. The highest BCUT2D eigenvalue weighted by Crippen LogP contribution is 2.13. The van der Waals surface area contributed by atoms with Crippen LogP contribution in [0.4, 0.5) is 10.5 Å². The Labute approximate surface area is 117 Å². The molecule has 1 N–H and O–H groups in total. The molecule has 0 unspecified atom stereocenters. The number of amides is 2. The number of urea groups is 1. The Kier molecular flexibility index (Phi) is 6.32. The maximum Gasteiger partial charge on any atom is 0.321 e. The average Bonchev–Trinajstić information content (AvgIpc) is 2.30. The topological polar surface area (TPSA) is 32.3 Å². The van der Waals surface area contributed by atoms with Crippen molar-refractivity contribution in [1.82, 2.24) is 4.90 Å². The summed E-state index contributed by atoms with van der Waals surface area (Å²) >= 11 is 2.24. The smallest absolute Gasteiger partial charge is 0.321 e. The van der Waals surface area contributed by atoms with Crippen molar-refractivity contribution in [3.8, 4) is 0 Å². The van der Waals surface area contributed by atoms with Crippen LogP contribution in [0.1, 0.15) is 26.7 Å². The molecular formula is C13H19IN2O. The van der Waals surface area contributed by atoms with Crippen LogP contribution in [-0.2, 0) is 0 Å². The molecule has 0 spiro atoms. The number of nitrogens with one attached hydrogen (secondary N) is 1. The van der Waals surface area contributed by atoms with E-state index < -0.39 is 0 Å². The molecular weight excluding hydrogens is 327 g/mol. The van der Waals surface area contributed by atoms with Gasteiger partial charge in [0.05, 0.1) is 0 Å². The van der Waals surface area contributed by atoms with Crippen molar-refractivity contribution >= 4 is 34.3 Å². The summed E-state index contributed by atoms with van der Waals surface area (Å²) < 4.78 is 1.12. The number of hydrogen-bond donors (Lipinski definition) is 1. The number of carbonyl (C=O) groups is 1. The van der Waals surface area contributed by atoms with Gasteiger partial charge in [0.1, 0.15) is 0 Å². The van der Waals surface area contributed by atoms with Crippen LogP contribution in [0.5, 0.6) is 0 Å². The third-order valence-corrected chi connectivity index (χ3v) is 3.20. The standard InChI is InChI=1S/C13H19IN2O/c1-3-5-9-16(4-2)13(17)15-12-8-6-7-11(14)10-12/h6-8,10H,3-5,9H2,1-2H3,(H,15,17). The Balaban J connectivity index is 2.57. The molecule has 2 amide bonds. The number of rotatable bonds is 5.